The summed E-state index contributed by atoms with van der Waals surface area (Å²) in [6, 6.07) is 5.16. The molecular formula is C19H28FN3O3S. The molecule has 1 atom stereocenters. The van der Waals surface area contributed by atoms with Gasteiger partial charge in [-0.15, -0.1) is 0 Å². The molecule has 2 amide bonds. The number of nitrogens with zero attached hydrogens (tertiary/aromatic N) is 1. The zero-order valence-corrected chi connectivity index (χ0v) is 16.9. The van der Waals surface area contributed by atoms with E-state index >= 15 is 0 Å². The molecule has 1 saturated heterocycles. The molecule has 0 spiro atoms. The number of benzene rings is 1. The largest absolute Gasteiger partial charge is 0.324 e. The average molecular weight is 398 g/mol. The Kier molecular flexibility index (Phi) is 5.49. The van der Waals surface area contributed by atoms with E-state index in [-0.39, 0.29) is 12.1 Å². The van der Waals surface area contributed by atoms with Gasteiger partial charge in [0.1, 0.15) is 6.17 Å². The monoisotopic (exact) mass is 397 g/mol. The first-order valence-electron chi connectivity index (χ1n) is 9.39. The Morgan fingerprint density at radius 2 is 1.78 bits per heavy atom. The summed E-state index contributed by atoms with van der Waals surface area (Å²) in [5.74, 6) is 0. The molecule has 1 heterocycles. The van der Waals surface area contributed by atoms with E-state index in [0.29, 0.717) is 44.5 Å². The molecule has 1 fully saturated rings. The molecule has 1 aliphatic carbocycles. The summed E-state index contributed by atoms with van der Waals surface area (Å²) in [5, 5.41) is 2.87. The number of hydrogen-bond acceptors (Lipinski definition) is 3. The third-order valence-electron chi connectivity index (χ3n) is 5.25. The topological polar surface area (TPSA) is 78.5 Å². The Bertz CT molecular complexity index is 812. The van der Waals surface area contributed by atoms with Crippen molar-refractivity contribution in [3.8, 4) is 0 Å². The zero-order valence-electron chi connectivity index (χ0n) is 16.1. The van der Waals surface area contributed by atoms with Gasteiger partial charge in [0.15, 0.2) is 0 Å². The van der Waals surface area contributed by atoms with Crippen molar-refractivity contribution in [1.29, 1.82) is 0 Å². The van der Waals surface area contributed by atoms with Crippen LogP contribution in [0.4, 0.5) is 14.9 Å². The van der Waals surface area contributed by atoms with E-state index in [9.17, 15) is 17.6 Å². The number of halogens is 1. The number of carbonyl (C=O) groups is 1. The second-order valence-corrected chi connectivity index (χ2v) is 10.9. The lowest BCUT2D eigenvalue weighted by molar-refractivity contribution is 0.193. The fourth-order valence-electron chi connectivity index (χ4n) is 3.44. The first kappa shape index (κ1) is 20.1. The number of fused-ring (bicyclic) bond motifs is 1. The van der Waals surface area contributed by atoms with Crippen molar-refractivity contribution in [3.63, 3.8) is 0 Å². The maximum atomic E-state index is 13.5. The Balaban J connectivity index is 1.53. The van der Waals surface area contributed by atoms with E-state index in [4.69, 9.17) is 0 Å². The van der Waals surface area contributed by atoms with Crippen LogP contribution >= 0.6 is 0 Å². The summed E-state index contributed by atoms with van der Waals surface area (Å²) in [7, 11) is -3.39. The third kappa shape index (κ3) is 4.60. The van der Waals surface area contributed by atoms with Crippen LogP contribution in [0.2, 0.25) is 0 Å². The lowest BCUT2D eigenvalue weighted by Crippen LogP contribution is -2.50. The molecule has 0 radical (unpaired) electrons. The van der Waals surface area contributed by atoms with Crippen molar-refractivity contribution in [1.82, 2.24) is 9.62 Å². The van der Waals surface area contributed by atoms with Gasteiger partial charge in [0.05, 0.1) is 4.75 Å². The van der Waals surface area contributed by atoms with Crippen molar-refractivity contribution >= 4 is 21.7 Å². The van der Waals surface area contributed by atoms with Gasteiger partial charge in [-0.1, -0.05) is 6.07 Å². The van der Waals surface area contributed by atoms with Crippen LogP contribution in [-0.2, 0) is 22.9 Å². The first-order valence-corrected chi connectivity index (χ1v) is 10.9. The Morgan fingerprint density at radius 3 is 2.41 bits per heavy atom. The molecule has 1 aromatic carbocycles. The number of urea groups is 1. The normalized spacial score (nSPS) is 21.2. The average Bonchev–Trinajstić information content (AvgIpc) is 2.93. The number of anilines is 1. The van der Waals surface area contributed by atoms with Crippen molar-refractivity contribution in [3.05, 3.63) is 29.3 Å². The summed E-state index contributed by atoms with van der Waals surface area (Å²) < 4.78 is 39.9. The number of rotatable bonds is 3. The van der Waals surface area contributed by atoms with Crippen molar-refractivity contribution in [2.45, 2.75) is 63.4 Å². The molecule has 27 heavy (non-hydrogen) atoms. The minimum atomic E-state index is -3.39. The number of amides is 2. The summed E-state index contributed by atoms with van der Waals surface area (Å²) in [4.78, 5) is 14.2. The maximum Gasteiger partial charge on any atom is 0.321 e. The third-order valence-corrected chi connectivity index (χ3v) is 7.51. The SMILES string of the molecule is CC(C)(C)S(=O)(=O)NC1CCN(C(=O)Nc2ccc3c(c2)CC(F)C3)CC1. The van der Waals surface area contributed by atoms with Crippen molar-refractivity contribution in [2.24, 2.45) is 0 Å². The smallest absolute Gasteiger partial charge is 0.321 e. The molecular weight excluding hydrogens is 369 g/mol. The van der Waals surface area contributed by atoms with Gasteiger partial charge in [0, 0.05) is 37.7 Å². The van der Waals surface area contributed by atoms with Gasteiger partial charge in [-0.3, -0.25) is 0 Å². The highest BCUT2D eigenvalue weighted by molar-refractivity contribution is 7.90. The predicted molar refractivity (Wildman–Crippen MR) is 104 cm³/mol. The molecule has 1 aliphatic heterocycles. The molecule has 150 valence electrons. The van der Waals surface area contributed by atoms with E-state index in [1.807, 2.05) is 12.1 Å². The van der Waals surface area contributed by atoms with Crippen molar-refractivity contribution in [2.75, 3.05) is 18.4 Å². The summed E-state index contributed by atoms with van der Waals surface area (Å²) >= 11 is 0. The number of piperidine rings is 1. The molecule has 1 unspecified atom stereocenters. The van der Waals surface area contributed by atoms with Gasteiger partial charge in [0.2, 0.25) is 10.0 Å². The number of carbonyl (C=O) groups excluding carboxylic acids is 1. The number of alkyl halides is 1. The molecule has 1 aromatic rings. The minimum Gasteiger partial charge on any atom is -0.324 e. The second-order valence-electron chi connectivity index (χ2n) is 8.41. The van der Waals surface area contributed by atoms with E-state index in [0.717, 1.165) is 11.1 Å². The fraction of sp³-hybridized carbons (Fsp3) is 0.632. The fourth-order valence-corrected chi connectivity index (χ4v) is 4.47. The molecule has 0 aromatic heterocycles. The van der Waals surface area contributed by atoms with Gasteiger partial charge in [-0.25, -0.2) is 22.3 Å². The van der Waals surface area contributed by atoms with Crippen LogP contribution < -0.4 is 10.0 Å². The number of likely N-dealkylation sites (tertiary alicyclic amines) is 1. The lowest BCUT2D eigenvalue weighted by Gasteiger charge is -2.33. The highest BCUT2D eigenvalue weighted by atomic mass is 32.2. The Labute approximate surface area is 160 Å². The van der Waals surface area contributed by atoms with E-state index in [2.05, 4.69) is 10.0 Å². The first-order chi connectivity index (χ1) is 12.5. The molecule has 6 nitrogen and oxygen atoms in total. The highest BCUT2D eigenvalue weighted by Crippen LogP contribution is 2.27. The molecule has 3 rings (SSSR count). The molecule has 0 bridgehead atoms. The van der Waals surface area contributed by atoms with Crippen LogP contribution in [0.3, 0.4) is 0 Å². The number of hydrogen-bond donors (Lipinski definition) is 2. The standard InChI is InChI=1S/C19H28FN3O3S/c1-19(2,3)27(25,26)22-16-6-8-23(9-7-16)18(24)21-17-5-4-13-10-15(20)11-14(13)12-17/h4-5,12,15-16,22H,6-11H2,1-3H3,(H,21,24). The lowest BCUT2D eigenvalue weighted by atomic mass is 10.1. The van der Waals surface area contributed by atoms with Crippen LogP contribution in [0, 0.1) is 0 Å². The van der Waals surface area contributed by atoms with Crippen LogP contribution in [0.5, 0.6) is 0 Å². The molecule has 8 heteroatoms. The van der Waals surface area contributed by atoms with Crippen LogP contribution in [0.25, 0.3) is 0 Å². The van der Waals surface area contributed by atoms with E-state index < -0.39 is 20.9 Å². The Hall–Kier alpha value is -1.67. The quantitative estimate of drug-likeness (QED) is 0.823. The Morgan fingerprint density at radius 1 is 1.15 bits per heavy atom. The van der Waals surface area contributed by atoms with Gasteiger partial charge in [-0.2, -0.15) is 0 Å². The van der Waals surface area contributed by atoms with Gasteiger partial charge < -0.3 is 10.2 Å². The highest BCUT2D eigenvalue weighted by Gasteiger charge is 2.33. The zero-order chi connectivity index (χ0) is 19.8. The van der Waals surface area contributed by atoms with Crippen LogP contribution in [-0.4, -0.2) is 49.4 Å². The summed E-state index contributed by atoms with van der Waals surface area (Å²) in [6.07, 6.45) is 1.18. The van der Waals surface area contributed by atoms with Gasteiger partial charge >= 0.3 is 6.03 Å². The number of nitrogens with one attached hydrogen (secondary N) is 2. The molecule has 2 N–H and O–H groups in total. The predicted octanol–water partition coefficient (Wildman–Crippen LogP) is 2.84. The molecule has 2 aliphatic rings. The summed E-state index contributed by atoms with van der Waals surface area (Å²) in [5.41, 5.74) is 2.63. The van der Waals surface area contributed by atoms with Crippen molar-refractivity contribution < 1.29 is 17.6 Å². The van der Waals surface area contributed by atoms with Gasteiger partial charge in [0.25, 0.3) is 0 Å². The number of sulfonamides is 1. The second kappa shape index (κ2) is 7.39. The van der Waals surface area contributed by atoms with E-state index in [1.165, 1.54) is 0 Å². The van der Waals surface area contributed by atoms with Crippen LogP contribution in [0.15, 0.2) is 18.2 Å². The maximum absolute atomic E-state index is 13.5. The summed E-state index contributed by atoms with van der Waals surface area (Å²) in [6.45, 7) is 5.97. The molecule has 0 saturated carbocycles. The van der Waals surface area contributed by atoms with Gasteiger partial charge in [-0.05, 0) is 56.9 Å². The van der Waals surface area contributed by atoms with E-state index in [1.54, 1.807) is 31.7 Å². The van der Waals surface area contributed by atoms with Crippen LogP contribution in [0.1, 0.15) is 44.7 Å². The minimum absolute atomic E-state index is 0.153.